The zero-order chi connectivity index (χ0) is 17.2. The molecule has 0 radical (unpaired) electrons. The molecule has 0 saturated carbocycles. The molecule has 2 aromatic carbocycles. The third kappa shape index (κ3) is 5.42. The van der Waals surface area contributed by atoms with Gasteiger partial charge in [0.25, 0.3) is 0 Å². The van der Waals surface area contributed by atoms with E-state index in [0.29, 0.717) is 300 Å². The van der Waals surface area contributed by atoms with Gasteiger partial charge in [-0.1, -0.05) is 0 Å². The van der Waals surface area contributed by atoms with Crippen LogP contribution < -0.4 is 4.06 Å². The molecule has 0 bridgehead atoms. The first kappa shape index (κ1) is 26.5. The topological polar surface area (TPSA) is 3.24 Å². The summed E-state index contributed by atoms with van der Waals surface area (Å²) in [6, 6.07) is 0. The molecular formula is C14H13NRa7S. The number of fused-ring (bicyclic) bond motifs is 2. The average Bonchev–Trinajstić information content (AvgIpc) is 2.53. The molecule has 0 unspecified atom stereocenters. The van der Waals surface area contributed by atoms with Crippen LogP contribution in [0.4, 0.5) is 11.4 Å². The van der Waals surface area contributed by atoms with Crippen LogP contribution in [0, 0.1) is 314 Å². The number of hydrogen-bond acceptors (Lipinski definition) is 2. The molecule has 0 N–H and O–H groups in total. The minimum atomic E-state index is 0.382. The quantitative estimate of drug-likeness (QED) is 0.289. The average molecular weight is 1810 g/mol. The molecule has 0 saturated heterocycles. The Labute approximate surface area is 348 Å². The number of anilines is 2. The van der Waals surface area contributed by atoms with E-state index in [2.05, 4.69) is 26.0 Å². The van der Waals surface area contributed by atoms with Crippen molar-refractivity contribution in [1.29, 1.82) is 0 Å². The van der Waals surface area contributed by atoms with E-state index in [4.69, 9.17) is 0 Å². The Kier molecular flexibility index (Phi) is 13.3. The molecule has 0 amide bonds. The molecule has 1 aliphatic rings. The predicted octanol–water partition coefficient (Wildman–Crippen LogP) is -2.46. The van der Waals surface area contributed by atoms with Crippen molar-refractivity contribution in [2.24, 2.45) is 0 Å². The molecule has 0 atom stereocenters. The Morgan fingerprint density at radius 3 is 1.30 bits per heavy atom. The maximum atomic E-state index is 2.93. The van der Waals surface area contributed by atoms with Crippen molar-refractivity contribution < 1.29 is 300 Å². The third-order valence-electron chi connectivity index (χ3n) is 6.07. The van der Waals surface area contributed by atoms with E-state index < -0.39 is 0 Å². The first-order valence-electron chi connectivity index (χ1n) is 8.30. The van der Waals surface area contributed by atoms with Gasteiger partial charge in [0.15, 0.2) is 0 Å². The van der Waals surface area contributed by atoms with Crippen LogP contribution in [-0.4, -0.2) is 0 Å². The summed E-state index contributed by atoms with van der Waals surface area (Å²) in [6.07, 6.45) is 0. The second-order valence-electron chi connectivity index (χ2n) is 7.02. The Bertz CT molecular complexity index is 796. The fourth-order valence-corrected chi connectivity index (χ4v) is 65.3. The molecular weight excluding hydrogens is 1800 g/mol. The molecule has 2 aromatic rings. The molecule has 0 fully saturated rings. The van der Waals surface area contributed by atoms with Gasteiger partial charge in [0.2, 0.25) is 0 Å². The Hall–Kier alpha value is 8.86. The Balaban J connectivity index is 2.40. The summed E-state index contributed by atoms with van der Waals surface area (Å²) in [4.78, 5) is 3.54. The SMILES string of the molecule is Cc1[c]([RaH])[c]([RaH])c2c([c]1[RaH])Sc1[c]([RaH])c(C)[c]([RaH])[c]([RaH])c1[N]2[RaH]. The summed E-state index contributed by atoms with van der Waals surface area (Å²) >= 11 is 5.57. The predicted molar refractivity (Wildman–Crippen MR) is 76.2 cm³/mol. The maximum absolute atomic E-state index is 2.93. The van der Waals surface area contributed by atoms with Crippen LogP contribution in [0.1, 0.15) is 11.1 Å². The van der Waals surface area contributed by atoms with Crippen molar-refractivity contribution >= 4 is 26.8 Å². The normalized spacial score (nSPS) is 12.6. The Morgan fingerprint density at radius 2 is 0.957 bits per heavy atom. The van der Waals surface area contributed by atoms with Gasteiger partial charge in [-0.2, -0.15) is 0 Å². The van der Waals surface area contributed by atoms with Crippen molar-refractivity contribution in [2.75, 3.05) is 0.431 Å². The van der Waals surface area contributed by atoms with E-state index in [0.717, 1.165) is 0 Å². The molecule has 1 nitrogen and oxygen atoms in total. The van der Waals surface area contributed by atoms with Crippen LogP contribution in [0.2, 0.25) is 0 Å². The van der Waals surface area contributed by atoms with Gasteiger partial charge in [0.1, 0.15) is 0 Å². The van der Waals surface area contributed by atoms with E-state index in [-0.39, 0.29) is 0 Å². The van der Waals surface area contributed by atoms with E-state index in [1.54, 1.807) is 32.3 Å². The van der Waals surface area contributed by atoms with Crippen molar-refractivity contribution in [3.05, 3.63) is 11.1 Å². The van der Waals surface area contributed by atoms with Crippen LogP contribution >= 0.6 is 11.8 Å². The number of nitrogens with zero attached hydrogens (tertiary/aromatic N) is 1. The van der Waals surface area contributed by atoms with E-state index in [9.17, 15) is 0 Å². The number of rotatable bonds is 0. The van der Waals surface area contributed by atoms with Crippen LogP contribution in [0.15, 0.2) is 9.79 Å². The fraction of sp³-hybridized carbons (Fsp3) is 0.143. The summed E-state index contributed by atoms with van der Waals surface area (Å²) in [6.45, 7) is 4.92. The number of hydrogen-bond donors (Lipinski definition) is 0. The van der Waals surface area contributed by atoms with Gasteiger partial charge in [-0.25, -0.2) is 0 Å². The Morgan fingerprint density at radius 1 is 0.609 bits per heavy atom. The van der Waals surface area contributed by atoms with Gasteiger partial charge in [0, 0.05) is 0 Å². The number of benzene rings is 2. The van der Waals surface area contributed by atoms with Gasteiger partial charge in [-0.3, -0.25) is 0 Å². The summed E-state index contributed by atoms with van der Waals surface area (Å²) < 4.78 is 14.2. The molecule has 3 rings (SSSR count). The molecule has 1 aliphatic heterocycles. The monoisotopic (exact) mass is 1810 g/mol. The van der Waals surface area contributed by atoms with Crippen LogP contribution in [0.5, 0.6) is 0 Å². The molecule has 23 heavy (non-hydrogen) atoms. The van der Waals surface area contributed by atoms with Gasteiger partial charge < -0.3 is 0 Å². The summed E-state index contributed by atoms with van der Waals surface area (Å²) in [7, 11) is 0. The van der Waals surface area contributed by atoms with Crippen molar-refractivity contribution in [1.82, 2.24) is 0 Å². The van der Waals surface area contributed by atoms with Gasteiger partial charge in [0.05, 0.1) is 0 Å². The fourth-order valence-electron chi connectivity index (χ4n) is 3.79. The summed E-state index contributed by atoms with van der Waals surface area (Å²) in [5.74, 6) is 0. The zero-order valence-corrected chi connectivity index (χ0v) is 74.2. The molecule has 0 aliphatic carbocycles. The summed E-state index contributed by atoms with van der Waals surface area (Å²) in [5.41, 5.74) is 7.14. The molecule has 94 valence electrons. The second-order valence-corrected chi connectivity index (χ2v) is 36.4. The van der Waals surface area contributed by atoms with E-state index in [1.165, 1.54) is 0 Å². The summed E-state index contributed by atoms with van der Waals surface area (Å²) in [5, 5.41) is 0. The van der Waals surface area contributed by atoms with Gasteiger partial charge in [-0.05, 0) is 0 Å². The molecule has 0 aromatic heterocycles. The van der Waals surface area contributed by atoms with Gasteiger partial charge in [-0.15, -0.1) is 0 Å². The van der Waals surface area contributed by atoms with Crippen molar-refractivity contribution in [3.63, 3.8) is 0 Å². The van der Waals surface area contributed by atoms with E-state index in [1.807, 2.05) is 3.63 Å². The van der Waals surface area contributed by atoms with Crippen LogP contribution in [0.25, 0.3) is 0 Å². The standard InChI is InChI=1S/C14H6NS.7Ra.7H/c1-9-3-5-11-13(7-9)16-14-8-10(2)4-6-12(14)15-11;;;;;;;;;;;;;;/h1-2H3;;;;;;;;;;;;;;/q-1;;;;;;;+1;;;;;;;. The minimum absolute atomic E-state index is 0.382. The first-order valence-corrected chi connectivity index (χ1v) is 37.5. The first-order chi connectivity index (χ1) is 10.7. The molecule has 0 spiro atoms. The van der Waals surface area contributed by atoms with Crippen LogP contribution in [0.3, 0.4) is 0 Å². The molecule has 9 heteroatoms. The van der Waals surface area contributed by atoms with Crippen molar-refractivity contribution in [3.8, 4) is 0 Å². The van der Waals surface area contributed by atoms with E-state index >= 15 is 0 Å². The zero-order valence-electron chi connectivity index (χ0n) is 15.9. The van der Waals surface area contributed by atoms with Crippen LogP contribution in [-0.2, 0) is 0 Å². The molecule has 1 heterocycles. The van der Waals surface area contributed by atoms with Crippen molar-refractivity contribution in [2.45, 2.75) is 23.6 Å². The van der Waals surface area contributed by atoms with Gasteiger partial charge >= 0.3 is 362 Å². The third-order valence-corrected chi connectivity index (χ3v) is 80.6. The second kappa shape index (κ2) is 11.5.